The first-order chi connectivity index (χ1) is 13.9. The van der Waals surface area contributed by atoms with E-state index in [4.69, 9.17) is 11.6 Å². The summed E-state index contributed by atoms with van der Waals surface area (Å²) < 4.78 is 28.0. The van der Waals surface area contributed by atoms with Gasteiger partial charge in [-0.3, -0.25) is 4.79 Å². The van der Waals surface area contributed by atoms with Crippen LogP contribution in [0.2, 0.25) is 5.02 Å². The van der Waals surface area contributed by atoms with Crippen LogP contribution in [0.25, 0.3) is 10.2 Å². The number of fused-ring (bicyclic) bond motifs is 1. The first-order valence-electron chi connectivity index (χ1n) is 9.31. The van der Waals surface area contributed by atoms with E-state index in [0.717, 1.165) is 15.2 Å². The van der Waals surface area contributed by atoms with Crippen molar-refractivity contribution in [3.63, 3.8) is 0 Å². The molecule has 4 rings (SSSR count). The second-order valence-corrected chi connectivity index (χ2v) is 10.3. The zero-order valence-electron chi connectivity index (χ0n) is 15.6. The third kappa shape index (κ3) is 4.45. The molecule has 3 aromatic rings. The molecule has 0 radical (unpaired) electrons. The summed E-state index contributed by atoms with van der Waals surface area (Å²) in [7, 11) is -3.57. The highest BCUT2D eigenvalue weighted by atomic mass is 35.5. The van der Waals surface area contributed by atoms with Crippen LogP contribution in [0, 0.1) is 0 Å². The predicted octanol–water partition coefficient (Wildman–Crippen LogP) is 3.42. The van der Waals surface area contributed by atoms with Crippen molar-refractivity contribution in [1.29, 1.82) is 0 Å². The van der Waals surface area contributed by atoms with Crippen LogP contribution < -0.4 is 0 Å². The molecule has 0 N–H and O–H groups in total. The summed E-state index contributed by atoms with van der Waals surface area (Å²) in [5.74, 6) is 0.0350. The number of sulfonamides is 1. The molecule has 1 saturated heterocycles. The van der Waals surface area contributed by atoms with Gasteiger partial charge in [-0.1, -0.05) is 23.7 Å². The minimum Gasteiger partial charge on any atom is -0.340 e. The number of benzene rings is 2. The van der Waals surface area contributed by atoms with Crippen LogP contribution in [0.1, 0.15) is 11.4 Å². The Kier molecular flexibility index (Phi) is 5.87. The van der Waals surface area contributed by atoms with Gasteiger partial charge in [0.05, 0.1) is 20.1 Å². The molecule has 0 spiro atoms. The predicted molar refractivity (Wildman–Crippen MR) is 115 cm³/mol. The van der Waals surface area contributed by atoms with Gasteiger partial charge in [0.1, 0.15) is 0 Å². The molecule has 29 heavy (non-hydrogen) atoms. The normalized spacial score (nSPS) is 15.7. The fourth-order valence-corrected chi connectivity index (χ4v) is 5.85. The highest BCUT2D eigenvalue weighted by molar-refractivity contribution is 7.89. The first-order valence-corrected chi connectivity index (χ1v) is 11.9. The fourth-order valence-electron chi connectivity index (χ4n) is 3.33. The van der Waals surface area contributed by atoms with Gasteiger partial charge in [-0.05, 0) is 36.4 Å². The third-order valence-corrected chi connectivity index (χ3v) is 8.19. The first kappa shape index (κ1) is 20.3. The van der Waals surface area contributed by atoms with Crippen LogP contribution in [0.4, 0.5) is 0 Å². The molecule has 1 amide bonds. The van der Waals surface area contributed by atoms with Crippen molar-refractivity contribution in [2.75, 3.05) is 26.2 Å². The molecule has 2 aromatic carbocycles. The van der Waals surface area contributed by atoms with Crippen LogP contribution in [0.15, 0.2) is 53.4 Å². The maximum atomic E-state index is 12.7. The van der Waals surface area contributed by atoms with E-state index in [9.17, 15) is 13.2 Å². The van der Waals surface area contributed by atoms with Gasteiger partial charge in [-0.15, -0.1) is 11.3 Å². The van der Waals surface area contributed by atoms with Crippen LogP contribution in [-0.2, 0) is 21.2 Å². The topological polar surface area (TPSA) is 70.6 Å². The maximum absolute atomic E-state index is 12.7. The van der Waals surface area contributed by atoms with E-state index in [1.54, 1.807) is 28.4 Å². The minimum atomic E-state index is -3.57. The van der Waals surface area contributed by atoms with Crippen molar-refractivity contribution in [2.24, 2.45) is 0 Å². The smallest absolute Gasteiger partial charge is 0.243 e. The third-order valence-electron chi connectivity index (χ3n) is 4.93. The van der Waals surface area contributed by atoms with E-state index in [2.05, 4.69) is 4.98 Å². The molecular weight excluding hydrogens is 430 g/mol. The lowest BCUT2D eigenvalue weighted by Gasteiger charge is -2.34. The zero-order chi connectivity index (χ0) is 20.4. The van der Waals surface area contributed by atoms with Crippen LogP contribution >= 0.6 is 22.9 Å². The van der Waals surface area contributed by atoms with Gasteiger partial charge in [-0.25, -0.2) is 13.4 Å². The summed E-state index contributed by atoms with van der Waals surface area (Å²) in [4.78, 5) is 19.1. The number of rotatable bonds is 5. The molecule has 1 aliphatic heterocycles. The van der Waals surface area contributed by atoms with Gasteiger partial charge in [0, 0.05) is 44.0 Å². The molecule has 0 bridgehead atoms. The SMILES string of the molecule is O=C(CCc1nc2ccccc2s1)N1CCN(S(=O)(=O)c2ccc(Cl)cc2)CC1. The van der Waals surface area contributed by atoms with Crippen LogP contribution in [0.5, 0.6) is 0 Å². The maximum Gasteiger partial charge on any atom is 0.243 e. The molecule has 0 saturated carbocycles. The van der Waals surface area contributed by atoms with Crippen molar-refractivity contribution in [3.05, 3.63) is 58.6 Å². The molecule has 0 atom stereocenters. The van der Waals surface area contributed by atoms with Crippen molar-refractivity contribution in [3.8, 4) is 0 Å². The lowest BCUT2D eigenvalue weighted by molar-refractivity contribution is -0.132. The number of nitrogens with zero attached hydrogens (tertiary/aromatic N) is 3. The summed E-state index contributed by atoms with van der Waals surface area (Å²) in [6.07, 6.45) is 0.977. The molecule has 6 nitrogen and oxygen atoms in total. The Labute approximate surface area is 178 Å². The van der Waals surface area contributed by atoms with E-state index in [0.29, 0.717) is 31.0 Å². The number of hydrogen-bond donors (Lipinski definition) is 0. The van der Waals surface area contributed by atoms with Gasteiger partial charge in [-0.2, -0.15) is 4.31 Å². The van der Waals surface area contributed by atoms with E-state index < -0.39 is 10.0 Å². The molecule has 1 aliphatic rings. The Morgan fingerprint density at radius 1 is 1.03 bits per heavy atom. The molecular formula is C20H20ClN3O3S2. The van der Waals surface area contributed by atoms with E-state index in [-0.39, 0.29) is 23.9 Å². The summed E-state index contributed by atoms with van der Waals surface area (Å²) in [6.45, 7) is 1.37. The Balaban J connectivity index is 1.32. The Bertz CT molecular complexity index is 1090. The number of halogens is 1. The van der Waals surface area contributed by atoms with E-state index >= 15 is 0 Å². The largest absolute Gasteiger partial charge is 0.340 e. The number of thiazole rings is 1. The molecule has 0 unspecified atom stereocenters. The van der Waals surface area contributed by atoms with Crippen molar-refractivity contribution < 1.29 is 13.2 Å². The average molecular weight is 450 g/mol. The number of hydrogen-bond acceptors (Lipinski definition) is 5. The van der Waals surface area contributed by atoms with Gasteiger partial charge in [0.2, 0.25) is 15.9 Å². The summed E-state index contributed by atoms with van der Waals surface area (Å²) in [5.41, 5.74) is 0.959. The Morgan fingerprint density at radius 3 is 2.41 bits per heavy atom. The lowest BCUT2D eigenvalue weighted by atomic mass is 10.2. The summed E-state index contributed by atoms with van der Waals surface area (Å²) >= 11 is 7.45. The number of piperazine rings is 1. The number of para-hydroxylation sites is 1. The van der Waals surface area contributed by atoms with Gasteiger partial charge in [0.15, 0.2) is 0 Å². The second-order valence-electron chi connectivity index (χ2n) is 6.81. The van der Waals surface area contributed by atoms with E-state index in [1.807, 2.05) is 24.3 Å². The molecule has 152 valence electrons. The number of aromatic nitrogens is 1. The lowest BCUT2D eigenvalue weighted by Crippen LogP contribution is -2.50. The number of carbonyl (C=O) groups excluding carboxylic acids is 1. The highest BCUT2D eigenvalue weighted by Gasteiger charge is 2.30. The quantitative estimate of drug-likeness (QED) is 0.598. The number of aryl methyl sites for hydroxylation is 1. The Morgan fingerprint density at radius 2 is 1.72 bits per heavy atom. The summed E-state index contributed by atoms with van der Waals surface area (Å²) in [5, 5.41) is 1.44. The average Bonchev–Trinajstić information content (AvgIpc) is 3.15. The monoisotopic (exact) mass is 449 g/mol. The standard InChI is InChI=1S/C20H20ClN3O3S2/c21-15-5-7-16(8-6-15)29(26,27)24-13-11-23(12-14-24)20(25)10-9-19-22-17-3-1-2-4-18(17)28-19/h1-8H,9-14H2. The van der Waals surface area contributed by atoms with E-state index in [1.165, 1.54) is 16.4 Å². The molecule has 0 aliphatic carbocycles. The van der Waals surface area contributed by atoms with Gasteiger partial charge >= 0.3 is 0 Å². The fraction of sp³-hybridized carbons (Fsp3) is 0.300. The number of carbonyl (C=O) groups is 1. The molecule has 2 heterocycles. The van der Waals surface area contributed by atoms with Crippen LogP contribution in [-0.4, -0.2) is 54.7 Å². The van der Waals surface area contributed by atoms with Crippen molar-refractivity contribution >= 4 is 49.1 Å². The number of amides is 1. The van der Waals surface area contributed by atoms with Gasteiger partial charge in [0.25, 0.3) is 0 Å². The minimum absolute atomic E-state index is 0.0350. The van der Waals surface area contributed by atoms with Gasteiger partial charge < -0.3 is 4.90 Å². The van der Waals surface area contributed by atoms with Crippen LogP contribution in [0.3, 0.4) is 0 Å². The second kappa shape index (κ2) is 8.39. The highest BCUT2D eigenvalue weighted by Crippen LogP contribution is 2.23. The Hall–Kier alpha value is -2.00. The molecule has 1 fully saturated rings. The van der Waals surface area contributed by atoms with Crippen molar-refractivity contribution in [1.82, 2.24) is 14.2 Å². The molecule has 9 heteroatoms. The molecule has 1 aromatic heterocycles. The van der Waals surface area contributed by atoms with Crippen molar-refractivity contribution in [2.45, 2.75) is 17.7 Å². The summed E-state index contributed by atoms with van der Waals surface area (Å²) in [6, 6.07) is 14.1. The zero-order valence-corrected chi connectivity index (χ0v) is 18.0.